The molecule has 8 heteroatoms. The quantitative estimate of drug-likeness (QED) is 0.589. The first-order valence-electron chi connectivity index (χ1n) is 9.28. The minimum absolute atomic E-state index is 0.00417. The molecule has 30 heavy (non-hydrogen) atoms. The van der Waals surface area contributed by atoms with Gasteiger partial charge in [0, 0.05) is 36.7 Å². The van der Waals surface area contributed by atoms with E-state index in [9.17, 15) is 18.4 Å². The van der Waals surface area contributed by atoms with Gasteiger partial charge in [0.15, 0.2) is 5.78 Å². The Bertz CT molecular complexity index is 1110. The van der Waals surface area contributed by atoms with E-state index in [0.717, 1.165) is 11.6 Å². The maximum atomic E-state index is 13.3. The largest absolute Gasteiger partial charge is 0.495 e. The van der Waals surface area contributed by atoms with Crippen molar-refractivity contribution in [2.75, 3.05) is 7.11 Å². The Morgan fingerprint density at radius 2 is 1.87 bits per heavy atom. The molecular formula is C22H21F2N3O3. The van der Waals surface area contributed by atoms with Crippen LogP contribution in [-0.2, 0) is 17.1 Å². The lowest BCUT2D eigenvalue weighted by atomic mass is 10.0. The standard InChI is InChI=1S/C22H21F2N3O3/c1-14(20(28)10-15-4-6-17(7-5-15)22(2,23)24)27-21(29)9-8-19(26-27)16-11-18(30-3)13-25-12-16/h4-9,11-14H,10H2,1-3H3. The number of pyridine rings is 1. The first kappa shape index (κ1) is 21.3. The van der Waals surface area contributed by atoms with Gasteiger partial charge in [-0.15, -0.1) is 0 Å². The molecule has 0 saturated carbocycles. The number of hydrogen-bond acceptors (Lipinski definition) is 5. The van der Waals surface area contributed by atoms with E-state index in [4.69, 9.17) is 4.74 Å². The van der Waals surface area contributed by atoms with E-state index in [0.29, 0.717) is 22.6 Å². The topological polar surface area (TPSA) is 74.1 Å². The second kappa shape index (κ2) is 8.52. The summed E-state index contributed by atoms with van der Waals surface area (Å²) in [6.07, 6.45) is 3.12. The molecule has 1 atom stereocenters. The summed E-state index contributed by atoms with van der Waals surface area (Å²) >= 11 is 0. The third-order valence-electron chi connectivity index (χ3n) is 4.74. The molecule has 2 aromatic heterocycles. The van der Waals surface area contributed by atoms with E-state index >= 15 is 0 Å². The number of halogens is 2. The molecule has 1 aromatic carbocycles. The van der Waals surface area contributed by atoms with Crippen LogP contribution in [0.3, 0.4) is 0 Å². The van der Waals surface area contributed by atoms with Gasteiger partial charge >= 0.3 is 0 Å². The van der Waals surface area contributed by atoms with E-state index in [1.165, 1.54) is 37.4 Å². The minimum Gasteiger partial charge on any atom is -0.495 e. The second-order valence-electron chi connectivity index (χ2n) is 7.02. The van der Waals surface area contributed by atoms with Gasteiger partial charge in [-0.3, -0.25) is 14.6 Å². The summed E-state index contributed by atoms with van der Waals surface area (Å²) in [6.45, 7) is 2.40. The van der Waals surface area contributed by atoms with E-state index in [2.05, 4.69) is 10.1 Å². The van der Waals surface area contributed by atoms with Crippen molar-refractivity contribution >= 4 is 5.78 Å². The van der Waals surface area contributed by atoms with Crippen molar-refractivity contribution in [2.45, 2.75) is 32.2 Å². The highest BCUT2D eigenvalue weighted by atomic mass is 19.3. The molecule has 3 rings (SSSR count). The summed E-state index contributed by atoms with van der Waals surface area (Å²) in [4.78, 5) is 29.1. The molecule has 0 aliphatic rings. The zero-order valence-electron chi connectivity index (χ0n) is 16.8. The Kier molecular flexibility index (Phi) is 6.05. The molecule has 0 aliphatic heterocycles. The molecule has 0 aliphatic carbocycles. The summed E-state index contributed by atoms with van der Waals surface area (Å²) in [5.41, 5.74) is 1.15. The number of benzene rings is 1. The maximum absolute atomic E-state index is 13.3. The second-order valence-corrected chi connectivity index (χ2v) is 7.02. The highest BCUT2D eigenvalue weighted by Crippen LogP contribution is 2.27. The predicted molar refractivity (Wildman–Crippen MR) is 108 cm³/mol. The minimum atomic E-state index is -2.94. The van der Waals surface area contributed by atoms with Crippen LogP contribution in [0.1, 0.15) is 31.0 Å². The van der Waals surface area contributed by atoms with Crippen LogP contribution in [0.5, 0.6) is 5.75 Å². The van der Waals surface area contributed by atoms with Crippen molar-refractivity contribution in [3.8, 4) is 17.0 Å². The molecule has 0 bridgehead atoms. The molecule has 0 amide bonds. The van der Waals surface area contributed by atoms with Crippen molar-refractivity contribution in [2.24, 2.45) is 0 Å². The number of methoxy groups -OCH3 is 1. The average Bonchev–Trinajstić information content (AvgIpc) is 2.73. The summed E-state index contributed by atoms with van der Waals surface area (Å²) in [5, 5.41) is 4.32. The van der Waals surface area contributed by atoms with Crippen molar-refractivity contribution in [3.63, 3.8) is 0 Å². The number of aromatic nitrogens is 3. The highest BCUT2D eigenvalue weighted by molar-refractivity contribution is 5.84. The fourth-order valence-electron chi connectivity index (χ4n) is 2.93. The van der Waals surface area contributed by atoms with Crippen molar-refractivity contribution in [1.82, 2.24) is 14.8 Å². The number of ketones is 1. The predicted octanol–water partition coefficient (Wildman–Crippen LogP) is 3.80. The lowest BCUT2D eigenvalue weighted by Crippen LogP contribution is -2.30. The van der Waals surface area contributed by atoms with Gasteiger partial charge in [-0.2, -0.15) is 5.10 Å². The van der Waals surface area contributed by atoms with Crippen molar-refractivity contribution in [3.05, 3.63) is 76.3 Å². The summed E-state index contributed by atoms with van der Waals surface area (Å²) in [6, 6.07) is 9.37. The normalized spacial score (nSPS) is 12.4. The molecule has 0 fully saturated rings. The number of rotatable bonds is 7. The third-order valence-corrected chi connectivity index (χ3v) is 4.74. The zero-order valence-corrected chi connectivity index (χ0v) is 16.8. The molecule has 6 nitrogen and oxygen atoms in total. The van der Waals surface area contributed by atoms with Gasteiger partial charge in [-0.1, -0.05) is 24.3 Å². The molecule has 0 saturated heterocycles. The number of hydrogen-bond donors (Lipinski definition) is 0. The van der Waals surface area contributed by atoms with Gasteiger partial charge in [0.1, 0.15) is 11.8 Å². The molecule has 3 aromatic rings. The van der Waals surface area contributed by atoms with Crippen LogP contribution < -0.4 is 10.3 Å². The Balaban J connectivity index is 1.82. The third kappa shape index (κ3) is 4.76. The lowest BCUT2D eigenvalue weighted by molar-refractivity contribution is -0.121. The fourth-order valence-corrected chi connectivity index (χ4v) is 2.93. The number of Topliss-reactive ketones (excluding diaryl/α,β-unsaturated/α-hetero) is 1. The average molecular weight is 413 g/mol. The van der Waals surface area contributed by atoms with Crippen molar-refractivity contribution < 1.29 is 18.3 Å². The smallest absolute Gasteiger partial charge is 0.270 e. The van der Waals surface area contributed by atoms with Gasteiger partial charge in [0.2, 0.25) is 0 Å². The molecule has 0 radical (unpaired) electrons. The van der Waals surface area contributed by atoms with Crippen LogP contribution in [0.4, 0.5) is 8.78 Å². The monoisotopic (exact) mass is 413 g/mol. The van der Waals surface area contributed by atoms with E-state index in [1.807, 2.05) is 0 Å². The van der Waals surface area contributed by atoms with Crippen LogP contribution >= 0.6 is 0 Å². The van der Waals surface area contributed by atoms with Gasteiger partial charge < -0.3 is 4.74 Å². The van der Waals surface area contributed by atoms with Gasteiger partial charge in [0.05, 0.1) is 19.0 Å². The number of ether oxygens (including phenoxy) is 1. The van der Waals surface area contributed by atoms with Crippen LogP contribution in [0.2, 0.25) is 0 Å². The molecule has 0 N–H and O–H groups in total. The summed E-state index contributed by atoms with van der Waals surface area (Å²) < 4.78 is 33.0. The van der Waals surface area contributed by atoms with Gasteiger partial charge in [-0.05, 0) is 24.6 Å². The number of alkyl halides is 2. The van der Waals surface area contributed by atoms with Crippen LogP contribution in [0.25, 0.3) is 11.3 Å². The molecule has 156 valence electrons. The highest BCUT2D eigenvalue weighted by Gasteiger charge is 2.24. The fraction of sp³-hybridized carbons (Fsp3) is 0.273. The summed E-state index contributed by atoms with van der Waals surface area (Å²) in [7, 11) is 1.52. The van der Waals surface area contributed by atoms with Crippen LogP contribution in [0.15, 0.2) is 59.7 Å². The first-order valence-corrected chi connectivity index (χ1v) is 9.28. The van der Waals surface area contributed by atoms with E-state index in [-0.39, 0.29) is 17.8 Å². The Hall–Kier alpha value is -3.42. The molecular weight excluding hydrogens is 392 g/mol. The molecule has 1 unspecified atom stereocenters. The SMILES string of the molecule is COc1cncc(-c2ccc(=O)n(C(C)C(=O)Cc3ccc(C(C)(F)F)cc3)n2)c1. The van der Waals surface area contributed by atoms with Crippen LogP contribution in [0, 0.1) is 0 Å². The summed E-state index contributed by atoms with van der Waals surface area (Å²) in [5.74, 6) is -2.67. The Morgan fingerprint density at radius 1 is 1.17 bits per heavy atom. The number of nitrogens with zero attached hydrogens (tertiary/aromatic N) is 3. The van der Waals surface area contributed by atoms with Crippen LogP contribution in [-0.4, -0.2) is 27.7 Å². The zero-order chi connectivity index (χ0) is 21.9. The molecule has 0 spiro atoms. The first-order chi connectivity index (χ1) is 14.2. The van der Waals surface area contributed by atoms with Gasteiger partial charge in [0.25, 0.3) is 11.5 Å². The lowest BCUT2D eigenvalue weighted by Gasteiger charge is -2.15. The van der Waals surface area contributed by atoms with Gasteiger partial charge in [-0.25, -0.2) is 13.5 Å². The molecule has 2 heterocycles. The Morgan fingerprint density at radius 3 is 2.50 bits per heavy atom. The van der Waals surface area contributed by atoms with Crippen molar-refractivity contribution in [1.29, 1.82) is 0 Å². The number of carbonyl (C=O) groups excluding carboxylic acids is 1. The maximum Gasteiger partial charge on any atom is 0.270 e. The van der Waals surface area contributed by atoms with E-state index in [1.54, 1.807) is 31.5 Å². The van der Waals surface area contributed by atoms with E-state index < -0.39 is 17.5 Å². The Labute approximate surface area is 172 Å². The number of carbonyl (C=O) groups is 1.